The van der Waals surface area contributed by atoms with Crippen molar-refractivity contribution < 1.29 is 23.1 Å². The Morgan fingerprint density at radius 1 is 1.23 bits per heavy atom. The van der Waals surface area contributed by atoms with Gasteiger partial charge in [-0.15, -0.1) is 5.10 Å². The molecule has 0 spiro atoms. The maximum Gasteiger partial charge on any atom is 0.268 e. The molecule has 0 aliphatic carbocycles. The molecule has 2 aromatic carbocycles. The van der Waals surface area contributed by atoms with E-state index in [1.807, 2.05) is 30.3 Å². The Bertz CT molecular complexity index is 1070. The standard InChI is InChI=1S/C21H18F2N4O3/c1-27-19-15(23)8-13(22)9-18(19)30-11-17(21(27)29)24-20(28)16-10-14(25-26-16)7-12-5-3-2-4-6-12/h2-6,8-9,17H,7,10-11H2,1H3,(H,24,28)/t17-/m0/s1. The van der Waals surface area contributed by atoms with Gasteiger partial charge in [-0.1, -0.05) is 30.3 Å². The van der Waals surface area contributed by atoms with Crippen molar-refractivity contribution in [1.29, 1.82) is 0 Å². The molecule has 154 valence electrons. The number of nitrogens with zero attached hydrogens (tertiary/aromatic N) is 3. The molecule has 0 aromatic heterocycles. The van der Waals surface area contributed by atoms with Crippen molar-refractivity contribution in [2.24, 2.45) is 10.2 Å². The smallest absolute Gasteiger partial charge is 0.268 e. The summed E-state index contributed by atoms with van der Waals surface area (Å²) in [4.78, 5) is 26.3. The summed E-state index contributed by atoms with van der Waals surface area (Å²) >= 11 is 0. The van der Waals surface area contributed by atoms with Gasteiger partial charge in [-0.2, -0.15) is 5.10 Å². The van der Waals surface area contributed by atoms with Crippen LogP contribution in [0.15, 0.2) is 52.7 Å². The number of amides is 2. The Morgan fingerprint density at radius 2 is 2.00 bits per heavy atom. The molecule has 4 rings (SSSR count). The van der Waals surface area contributed by atoms with Crippen LogP contribution in [0.3, 0.4) is 0 Å². The first-order valence-corrected chi connectivity index (χ1v) is 9.29. The number of hydrogen-bond donors (Lipinski definition) is 1. The lowest BCUT2D eigenvalue weighted by molar-refractivity contribution is -0.124. The maximum atomic E-state index is 14.2. The Hall–Kier alpha value is -3.62. The Kier molecular flexibility index (Phi) is 5.26. The topological polar surface area (TPSA) is 83.4 Å². The molecule has 2 aromatic rings. The van der Waals surface area contributed by atoms with E-state index in [2.05, 4.69) is 15.5 Å². The zero-order valence-corrected chi connectivity index (χ0v) is 16.1. The molecule has 0 saturated heterocycles. The molecule has 1 atom stereocenters. The second-order valence-corrected chi connectivity index (χ2v) is 7.02. The minimum atomic E-state index is -1.08. The van der Waals surface area contributed by atoms with E-state index < -0.39 is 29.5 Å². The molecule has 7 nitrogen and oxygen atoms in total. The van der Waals surface area contributed by atoms with Gasteiger partial charge in [0.15, 0.2) is 5.82 Å². The van der Waals surface area contributed by atoms with E-state index >= 15 is 0 Å². The fraction of sp³-hybridized carbons (Fsp3) is 0.238. The summed E-state index contributed by atoms with van der Waals surface area (Å²) in [6.07, 6.45) is 0.827. The molecule has 2 heterocycles. The molecule has 2 aliphatic heterocycles. The molecule has 0 unspecified atom stereocenters. The Labute approximate surface area is 171 Å². The van der Waals surface area contributed by atoms with E-state index in [1.165, 1.54) is 7.05 Å². The van der Waals surface area contributed by atoms with Crippen LogP contribution in [0.5, 0.6) is 5.75 Å². The lowest BCUT2D eigenvalue weighted by atomic mass is 10.0. The summed E-state index contributed by atoms with van der Waals surface area (Å²) in [6, 6.07) is 10.2. The lowest BCUT2D eigenvalue weighted by Crippen LogP contribution is -2.51. The van der Waals surface area contributed by atoms with Crippen LogP contribution in [0.4, 0.5) is 14.5 Å². The van der Waals surface area contributed by atoms with Crippen molar-refractivity contribution >= 4 is 28.9 Å². The first-order valence-electron chi connectivity index (χ1n) is 9.29. The first-order chi connectivity index (χ1) is 14.4. The molecule has 2 amide bonds. The molecule has 0 saturated carbocycles. The zero-order chi connectivity index (χ0) is 21.3. The highest BCUT2D eigenvalue weighted by atomic mass is 19.1. The molecule has 0 radical (unpaired) electrons. The fourth-order valence-corrected chi connectivity index (χ4v) is 3.36. The zero-order valence-electron chi connectivity index (χ0n) is 16.1. The molecular formula is C21H18F2N4O3. The van der Waals surface area contributed by atoms with E-state index in [0.717, 1.165) is 22.2 Å². The summed E-state index contributed by atoms with van der Waals surface area (Å²) in [7, 11) is 1.34. The maximum absolute atomic E-state index is 14.2. The van der Waals surface area contributed by atoms with Crippen LogP contribution in [0.25, 0.3) is 0 Å². The summed E-state index contributed by atoms with van der Waals surface area (Å²) in [5.41, 5.74) is 1.78. The first kappa shape index (κ1) is 19.7. The van der Waals surface area contributed by atoms with Gasteiger partial charge in [0.05, 0.1) is 5.71 Å². The Morgan fingerprint density at radius 3 is 2.77 bits per heavy atom. The molecule has 1 N–H and O–H groups in total. The van der Waals surface area contributed by atoms with Crippen molar-refractivity contribution in [1.82, 2.24) is 5.32 Å². The number of hydrogen-bond acceptors (Lipinski definition) is 5. The summed E-state index contributed by atoms with van der Waals surface area (Å²) in [6.45, 7) is -0.268. The number of nitrogens with one attached hydrogen (secondary N) is 1. The largest absolute Gasteiger partial charge is 0.488 e. The summed E-state index contributed by atoms with van der Waals surface area (Å²) in [5.74, 6) is -3.00. The van der Waals surface area contributed by atoms with Gasteiger partial charge in [-0.3, -0.25) is 9.59 Å². The van der Waals surface area contributed by atoms with Crippen LogP contribution in [-0.2, 0) is 16.0 Å². The van der Waals surface area contributed by atoms with Gasteiger partial charge in [0.1, 0.15) is 35.6 Å². The second kappa shape index (κ2) is 8.02. The van der Waals surface area contributed by atoms with Gasteiger partial charge < -0.3 is 15.0 Å². The Balaban J connectivity index is 1.41. The third-order valence-corrected chi connectivity index (χ3v) is 4.86. The number of halogens is 2. The number of benzene rings is 2. The predicted molar refractivity (Wildman–Crippen MR) is 107 cm³/mol. The van der Waals surface area contributed by atoms with E-state index in [-0.39, 0.29) is 30.2 Å². The minimum absolute atomic E-state index is 0.105. The number of rotatable bonds is 4. The van der Waals surface area contributed by atoms with Crippen molar-refractivity contribution in [3.05, 3.63) is 59.7 Å². The molecule has 2 aliphatic rings. The van der Waals surface area contributed by atoms with Gasteiger partial charge in [0.25, 0.3) is 11.8 Å². The summed E-state index contributed by atoms with van der Waals surface area (Å²) in [5, 5.41) is 10.5. The molecular weight excluding hydrogens is 394 g/mol. The number of fused-ring (bicyclic) bond motifs is 1. The van der Waals surface area contributed by atoms with Gasteiger partial charge in [-0.25, -0.2) is 8.78 Å². The highest BCUT2D eigenvalue weighted by Crippen LogP contribution is 2.34. The van der Waals surface area contributed by atoms with Crippen LogP contribution in [0, 0.1) is 11.6 Å². The molecule has 0 fully saturated rings. The number of anilines is 1. The highest BCUT2D eigenvalue weighted by molar-refractivity contribution is 6.43. The number of likely N-dealkylation sites (N-methyl/N-ethyl adjacent to an activating group) is 1. The highest BCUT2D eigenvalue weighted by Gasteiger charge is 2.34. The van der Waals surface area contributed by atoms with Crippen molar-refractivity contribution in [2.75, 3.05) is 18.6 Å². The normalized spacial score (nSPS) is 18.2. The quantitative estimate of drug-likeness (QED) is 0.836. The van der Waals surface area contributed by atoms with Gasteiger partial charge in [0.2, 0.25) is 0 Å². The van der Waals surface area contributed by atoms with Crippen LogP contribution in [0.1, 0.15) is 12.0 Å². The number of carbonyl (C=O) groups is 2. The van der Waals surface area contributed by atoms with Crippen molar-refractivity contribution in [2.45, 2.75) is 18.9 Å². The average Bonchev–Trinajstić information content (AvgIpc) is 3.14. The predicted octanol–water partition coefficient (Wildman–Crippen LogP) is 2.25. The van der Waals surface area contributed by atoms with E-state index in [0.29, 0.717) is 12.5 Å². The van der Waals surface area contributed by atoms with E-state index in [1.54, 1.807) is 0 Å². The number of ether oxygens (including phenoxy) is 1. The second-order valence-electron chi connectivity index (χ2n) is 7.02. The van der Waals surface area contributed by atoms with Gasteiger partial charge in [-0.05, 0) is 5.56 Å². The monoisotopic (exact) mass is 412 g/mol. The van der Waals surface area contributed by atoms with Crippen molar-refractivity contribution in [3.63, 3.8) is 0 Å². The molecule has 0 bridgehead atoms. The van der Waals surface area contributed by atoms with Crippen LogP contribution < -0.4 is 15.0 Å². The molecule has 9 heteroatoms. The van der Waals surface area contributed by atoms with E-state index in [4.69, 9.17) is 4.74 Å². The van der Waals surface area contributed by atoms with Gasteiger partial charge in [0, 0.05) is 32.0 Å². The molecule has 30 heavy (non-hydrogen) atoms. The number of carbonyl (C=O) groups excluding carboxylic acids is 2. The third kappa shape index (κ3) is 3.91. The van der Waals surface area contributed by atoms with Crippen molar-refractivity contribution in [3.8, 4) is 5.75 Å². The fourth-order valence-electron chi connectivity index (χ4n) is 3.36. The van der Waals surface area contributed by atoms with E-state index in [9.17, 15) is 18.4 Å². The van der Waals surface area contributed by atoms with Crippen LogP contribution >= 0.6 is 0 Å². The minimum Gasteiger partial charge on any atom is -0.488 e. The lowest BCUT2D eigenvalue weighted by Gasteiger charge is -2.20. The third-order valence-electron chi connectivity index (χ3n) is 4.86. The average molecular weight is 412 g/mol. The SMILES string of the molecule is CN1C(=O)[C@@H](NC(=O)C2=NN=C(Cc3ccccc3)C2)COc2cc(F)cc(F)c21. The summed E-state index contributed by atoms with van der Waals surface area (Å²) < 4.78 is 33.1. The van der Waals surface area contributed by atoms with Gasteiger partial charge >= 0.3 is 0 Å². The van der Waals surface area contributed by atoms with Crippen LogP contribution in [0.2, 0.25) is 0 Å². The van der Waals surface area contributed by atoms with Crippen LogP contribution in [-0.4, -0.2) is 42.9 Å².